The van der Waals surface area contributed by atoms with Gasteiger partial charge in [-0.1, -0.05) is 18.2 Å². The largest absolute Gasteiger partial charge is 0.496 e. The third-order valence-electron chi connectivity index (χ3n) is 4.46. The fraction of sp³-hybridized carbons (Fsp3) is 0.190. The van der Waals surface area contributed by atoms with Crippen molar-refractivity contribution in [3.8, 4) is 22.8 Å². The highest BCUT2D eigenvalue weighted by molar-refractivity contribution is 6.35. The van der Waals surface area contributed by atoms with E-state index in [1.165, 1.54) is 14.2 Å². The van der Waals surface area contributed by atoms with Gasteiger partial charge in [-0.25, -0.2) is 4.79 Å². The van der Waals surface area contributed by atoms with Crippen molar-refractivity contribution < 1.29 is 18.7 Å². The van der Waals surface area contributed by atoms with E-state index in [4.69, 9.17) is 25.5 Å². The van der Waals surface area contributed by atoms with E-state index in [0.717, 1.165) is 6.08 Å². The van der Waals surface area contributed by atoms with E-state index in [-0.39, 0.29) is 18.2 Å². The van der Waals surface area contributed by atoms with Gasteiger partial charge in [-0.3, -0.25) is 9.78 Å². The van der Waals surface area contributed by atoms with E-state index in [1.807, 2.05) is 6.92 Å². The zero-order valence-electron chi connectivity index (χ0n) is 16.2. The molecule has 1 N–H and O–H groups in total. The average Bonchev–Trinajstić information content (AvgIpc) is 2.72. The summed E-state index contributed by atoms with van der Waals surface area (Å²) in [5, 5.41) is 3.84. The molecule has 0 bridgehead atoms. The number of halogens is 1. The lowest BCUT2D eigenvalue weighted by molar-refractivity contribution is -0.116. The Balaban J connectivity index is 2.12. The second-order valence-electron chi connectivity index (χ2n) is 6.18. The fourth-order valence-corrected chi connectivity index (χ4v) is 3.32. The van der Waals surface area contributed by atoms with Gasteiger partial charge in [0, 0.05) is 28.8 Å². The van der Waals surface area contributed by atoms with Gasteiger partial charge in [-0.2, -0.15) is 0 Å². The predicted molar refractivity (Wildman–Crippen MR) is 111 cm³/mol. The first kappa shape index (κ1) is 20.4. The number of carbonyl (C=O) groups excluding carboxylic acids is 1. The molecule has 0 saturated heterocycles. The van der Waals surface area contributed by atoms with Crippen molar-refractivity contribution in [1.29, 1.82) is 0 Å². The summed E-state index contributed by atoms with van der Waals surface area (Å²) in [5.41, 5.74) is 1.18. The molecule has 2 heterocycles. The van der Waals surface area contributed by atoms with Gasteiger partial charge in [0.1, 0.15) is 17.3 Å². The maximum absolute atomic E-state index is 12.6. The summed E-state index contributed by atoms with van der Waals surface area (Å²) in [6.45, 7) is 5.37. The second-order valence-corrected chi connectivity index (χ2v) is 6.56. The fourth-order valence-electron chi connectivity index (χ4n) is 2.95. The summed E-state index contributed by atoms with van der Waals surface area (Å²) < 4.78 is 16.2. The topological polar surface area (TPSA) is 90.7 Å². The van der Waals surface area contributed by atoms with Gasteiger partial charge in [0.25, 0.3) is 0 Å². The molecule has 0 atom stereocenters. The molecule has 0 fully saturated rings. The molecule has 1 aromatic carbocycles. The van der Waals surface area contributed by atoms with E-state index < -0.39 is 5.63 Å². The first-order valence-electron chi connectivity index (χ1n) is 8.64. The van der Waals surface area contributed by atoms with Gasteiger partial charge < -0.3 is 19.2 Å². The SMILES string of the molecule is C=CC(=O)NCc1cc2c(=O)oc(-c3c(C)c(OC)cc(OC)c3Cl)cc2cn1. The zero-order chi connectivity index (χ0) is 21.1. The maximum Gasteiger partial charge on any atom is 0.344 e. The first-order chi connectivity index (χ1) is 13.9. The van der Waals surface area contributed by atoms with Gasteiger partial charge in [0.15, 0.2) is 0 Å². The summed E-state index contributed by atoms with van der Waals surface area (Å²) in [6, 6.07) is 4.93. The zero-order valence-corrected chi connectivity index (χ0v) is 16.9. The molecule has 3 rings (SSSR count). The van der Waals surface area contributed by atoms with Crippen LogP contribution < -0.4 is 20.4 Å². The number of rotatable bonds is 6. The highest BCUT2D eigenvalue weighted by Crippen LogP contribution is 2.42. The molecule has 0 aliphatic carbocycles. The number of fused-ring (bicyclic) bond motifs is 1. The average molecular weight is 415 g/mol. The first-order valence-corrected chi connectivity index (χ1v) is 9.01. The molecule has 0 aliphatic rings. The van der Waals surface area contributed by atoms with Crippen molar-refractivity contribution in [3.05, 3.63) is 63.8 Å². The Morgan fingerprint density at radius 2 is 2.00 bits per heavy atom. The quantitative estimate of drug-likeness (QED) is 0.619. The van der Waals surface area contributed by atoms with Crippen LogP contribution in [0.4, 0.5) is 0 Å². The molecule has 0 saturated carbocycles. The van der Waals surface area contributed by atoms with Crippen molar-refractivity contribution >= 4 is 28.3 Å². The molecule has 0 spiro atoms. The summed E-state index contributed by atoms with van der Waals surface area (Å²) in [6.07, 6.45) is 2.71. The molecule has 8 heteroatoms. The number of benzene rings is 1. The normalized spacial score (nSPS) is 10.6. The minimum absolute atomic E-state index is 0.167. The molecule has 1 amide bonds. The summed E-state index contributed by atoms with van der Waals surface area (Å²) in [5.74, 6) is 0.900. The van der Waals surface area contributed by atoms with Crippen LogP contribution in [-0.2, 0) is 11.3 Å². The van der Waals surface area contributed by atoms with Crippen molar-refractivity contribution in [2.75, 3.05) is 14.2 Å². The minimum atomic E-state index is -0.548. The van der Waals surface area contributed by atoms with Crippen LogP contribution in [0.1, 0.15) is 11.3 Å². The molecule has 150 valence electrons. The number of methoxy groups -OCH3 is 2. The van der Waals surface area contributed by atoms with E-state index in [0.29, 0.717) is 44.1 Å². The van der Waals surface area contributed by atoms with Crippen LogP contribution in [-0.4, -0.2) is 25.1 Å². The Labute approximate surface area is 171 Å². The lowest BCUT2D eigenvalue weighted by Crippen LogP contribution is -2.20. The third kappa shape index (κ3) is 3.95. The Morgan fingerprint density at radius 3 is 2.66 bits per heavy atom. The molecule has 7 nitrogen and oxygen atoms in total. The van der Waals surface area contributed by atoms with Gasteiger partial charge in [-0.15, -0.1) is 0 Å². The number of nitrogens with zero attached hydrogens (tertiary/aromatic N) is 1. The Hall–Kier alpha value is -3.32. The third-order valence-corrected chi connectivity index (χ3v) is 4.83. The van der Waals surface area contributed by atoms with Gasteiger partial charge in [0.2, 0.25) is 5.91 Å². The molecule has 0 aliphatic heterocycles. The van der Waals surface area contributed by atoms with Crippen LogP contribution >= 0.6 is 11.6 Å². The van der Waals surface area contributed by atoms with E-state index >= 15 is 0 Å². The number of aromatic nitrogens is 1. The van der Waals surface area contributed by atoms with Crippen molar-refractivity contribution in [2.24, 2.45) is 0 Å². The molecular formula is C21H19ClN2O5. The number of hydrogen-bond donors (Lipinski definition) is 1. The highest BCUT2D eigenvalue weighted by atomic mass is 35.5. The molecule has 3 aromatic rings. The molecule has 0 radical (unpaired) electrons. The summed E-state index contributed by atoms with van der Waals surface area (Å²) in [4.78, 5) is 28.3. The maximum atomic E-state index is 12.6. The van der Waals surface area contributed by atoms with Crippen LogP contribution in [0.5, 0.6) is 11.5 Å². The van der Waals surface area contributed by atoms with Gasteiger partial charge >= 0.3 is 5.63 Å². The Morgan fingerprint density at radius 1 is 1.28 bits per heavy atom. The minimum Gasteiger partial charge on any atom is -0.496 e. The predicted octanol–water partition coefficient (Wildman–Crippen LogP) is 3.64. The Kier molecular flexibility index (Phi) is 5.89. The summed E-state index contributed by atoms with van der Waals surface area (Å²) >= 11 is 6.48. The second kappa shape index (κ2) is 8.36. The molecule has 2 aromatic heterocycles. The van der Waals surface area contributed by atoms with Gasteiger partial charge in [0.05, 0.1) is 36.9 Å². The van der Waals surface area contributed by atoms with Crippen molar-refractivity contribution in [3.63, 3.8) is 0 Å². The number of carbonyl (C=O) groups is 1. The number of nitrogens with one attached hydrogen (secondary N) is 1. The number of ether oxygens (including phenoxy) is 2. The van der Waals surface area contributed by atoms with Crippen LogP contribution in [0.3, 0.4) is 0 Å². The van der Waals surface area contributed by atoms with E-state index in [1.54, 1.807) is 24.4 Å². The molecule has 0 unspecified atom stereocenters. The smallest absolute Gasteiger partial charge is 0.344 e. The molecule has 29 heavy (non-hydrogen) atoms. The number of hydrogen-bond acceptors (Lipinski definition) is 6. The van der Waals surface area contributed by atoms with Crippen LogP contribution in [0.25, 0.3) is 22.1 Å². The van der Waals surface area contributed by atoms with Crippen LogP contribution in [0.2, 0.25) is 5.02 Å². The van der Waals surface area contributed by atoms with Crippen LogP contribution in [0, 0.1) is 6.92 Å². The standard InChI is InChI=1S/C21H19ClN2O5/c1-5-18(25)24-10-13-7-14-12(9-23-13)6-16(29-21(14)26)19-11(2)15(27-3)8-17(28-4)20(19)22/h5-9H,1,10H2,2-4H3,(H,24,25). The number of pyridine rings is 1. The lowest BCUT2D eigenvalue weighted by Gasteiger charge is -2.15. The Bertz CT molecular complexity index is 1140. The van der Waals surface area contributed by atoms with Gasteiger partial charge in [-0.05, 0) is 25.1 Å². The van der Waals surface area contributed by atoms with Crippen molar-refractivity contribution in [2.45, 2.75) is 13.5 Å². The number of amides is 1. The monoisotopic (exact) mass is 414 g/mol. The highest BCUT2D eigenvalue weighted by Gasteiger charge is 2.20. The summed E-state index contributed by atoms with van der Waals surface area (Å²) in [7, 11) is 3.03. The lowest BCUT2D eigenvalue weighted by atomic mass is 10.0. The van der Waals surface area contributed by atoms with E-state index in [9.17, 15) is 9.59 Å². The molecular weight excluding hydrogens is 396 g/mol. The van der Waals surface area contributed by atoms with Crippen LogP contribution in [0.15, 0.2) is 46.3 Å². The van der Waals surface area contributed by atoms with Crippen molar-refractivity contribution in [1.82, 2.24) is 10.3 Å². The van der Waals surface area contributed by atoms with E-state index in [2.05, 4.69) is 16.9 Å².